The van der Waals surface area contributed by atoms with E-state index in [0.717, 1.165) is 18.0 Å². The summed E-state index contributed by atoms with van der Waals surface area (Å²) >= 11 is 7.33. The zero-order valence-electron chi connectivity index (χ0n) is 13.2. The second-order valence-electron chi connectivity index (χ2n) is 5.33. The van der Waals surface area contributed by atoms with Crippen molar-refractivity contribution in [3.05, 3.63) is 53.2 Å². The van der Waals surface area contributed by atoms with Gasteiger partial charge in [-0.15, -0.1) is 11.8 Å². The van der Waals surface area contributed by atoms with Gasteiger partial charge in [-0.1, -0.05) is 18.2 Å². The van der Waals surface area contributed by atoms with Crippen molar-refractivity contribution in [2.45, 2.75) is 6.92 Å². The molecule has 2 aliphatic heterocycles. The van der Waals surface area contributed by atoms with E-state index < -0.39 is 0 Å². The topological polar surface area (TPSA) is 26.8 Å². The quantitative estimate of drug-likeness (QED) is 0.620. The number of carbonyl (C=O) groups is 1. The normalized spacial score (nSPS) is 22.1. The molecule has 0 aromatic heterocycles. The van der Waals surface area contributed by atoms with Gasteiger partial charge in [-0.05, 0) is 43.4 Å². The highest BCUT2D eigenvalue weighted by molar-refractivity contribution is 8.03. The van der Waals surface area contributed by atoms with Crippen LogP contribution in [0.25, 0.3) is 0 Å². The lowest BCUT2D eigenvalue weighted by Crippen LogP contribution is -2.32. The molecule has 1 aromatic rings. The van der Waals surface area contributed by atoms with E-state index in [4.69, 9.17) is 12.2 Å². The number of nitrogens with zero attached hydrogens (tertiary/aromatic N) is 3. The summed E-state index contributed by atoms with van der Waals surface area (Å²) in [7, 11) is 2.07. The first-order valence-electron chi connectivity index (χ1n) is 7.60. The van der Waals surface area contributed by atoms with Crippen LogP contribution in [0.3, 0.4) is 0 Å². The molecular formula is C17H19N3OS2. The molecule has 0 aliphatic carbocycles. The van der Waals surface area contributed by atoms with E-state index in [2.05, 4.69) is 11.9 Å². The summed E-state index contributed by atoms with van der Waals surface area (Å²) < 4.78 is 0. The van der Waals surface area contributed by atoms with Gasteiger partial charge in [0.15, 0.2) is 5.11 Å². The molecule has 0 spiro atoms. The molecule has 0 unspecified atom stereocenters. The molecule has 2 saturated heterocycles. The number of likely N-dealkylation sites (N-methyl/N-ethyl adjacent to an activating group) is 1. The number of thiocarbonyl (C=S) groups is 1. The molecule has 3 rings (SSSR count). The van der Waals surface area contributed by atoms with Crippen LogP contribution < -0.4 is 4.90 Å². The second kappa shape index (κ2) is 6.76. The van der Waals surface area contributed by atoms with Gasteiger partial charge in [0.1, 0.15) is 5.70 Å². The number of para-hydroxylation sites is 1. The van der Waals surface area contributed by atoms with Crippen molar-refractivity contribution in [2.75, 3.05) is 30.8 Å². The number of amides is 1. The van der Waals surface area contributed by atoms with Gasteiger partial charge >= 0.3 is 0 Å². The number of rotatable bonds is 3. The minimum absolute atomic E-state index is 0.0381. The van der Waals surface area contributed by atoms with Crippen LogP contribution in [-0.2, 0) is 4.79 Å². The molecule has 0 saturated carbocycles. The van der Waals surface area contributed by atoms with Gasteiger partial charge in [-0.3, -0.25) is 14.6 Å². The minimum Gasteiger partial charge on any atom is -0.369 e. The van der Waals surface area contributed by atoms with Crippen molar-refractivity contribution < 1.29 is 4.79 Å². The fourth-order valence-electron chi connectivity index (χ4n) is 2.63. The van der Waals surface area contributed by atoms with Crippen molar-refractivity contribution >= 4 is 40.7 Å². The molecule has 1 aromatic carbocycles. The number of benzene rings is 1. The van der Waals surface area contributed by atoms with E-state index in [0.29, 0.717) is 17.4 Å². The molecule has 6 heteroatoms. The fourth-order valence-corrected chi connectivity index (χ4v) is 4.09. The number of carbonyl (C=O) groups excluding carboxylic acids is 1. The highest BCUT2D eigenvalue weighted by Gasteiger charge is 2.37. The number of allylic oxidation sites excluding steroid dienone is 2. The minimum atomic E-state index is -0.0381. The number of hydrogen-bond acceptors (Lipinski definition) is 4. The van der Waals surface area contributed by atoms with Crippen LogP contribution in [0, 0.1) is 0 Å². The molecule has 0 atom stereocenters. The first kappa shape index (κ1) is 16.1. The zero-order chi connectivity index (χ0) is 16.4. The summed E-state index contributed by atoms with van der Waals surface area (Å²) in [6.07, 6.45) is 3.91. The molecule has 0 bridgehead atoms. The monoisotopic (exact) mass is 345 g/mol. The van der Waals surface area contributed by atoms with Crippen LogP contribution in [0.1, 0.15) is 6.92 Å². The Morgan fingerprint density at radius 1 is 1.26 bits per heavy atom. The lowest BCUT2D eigenvalue weighted by molar-refractivity contribution is -0.122. The predicted molar refractivity (Wildman–Crippen MR) is 100 cm³/mol. The lowest BCUT2D eigenvalue weighted by atomic mass is 10.2. The van der Waals surface area contributed by atoms with Crippen LogP contribution in [0.4, 0.5) is 5.69 Å². The number of hydrogen-bond donors (Lipinski definition) is 0. The molecule has 120 valence electrons. The third-order valence-corrected chi connectivity index (χ3v) is 5.43. The molecule has 23 heavy (non-hydrogen) atoms. The molecule has 2 heterocycles. The Bertz CT molecular complexity index is 684. The molecule has 4 nitrogen and oxygen atoms in total. The summed E-state index contributed by atoms with van der Waals surface area (Å²) in [6.45, 7) is 3.55. The Morgan fingerprint density at radius 3 is 2.61 bits per heavy atom. The summed E-state index contributed by atoms with van der Waals surface area (Å²) in [6, 6.07) is 9.80. The maximum atomic E-state index is 12.7. The molecule has 0 N–H and O–H groups in total. The first-order chi connectivity index (χ1) is 11.1. The van der Waals surface area contributed by atoms with E-state index in [1.54, 1.807) is 16.7 Å². The van der Waals surface area contributed by atoms with E-state index in [9.17, 15) is 4.79 Å². The van der Waals surface area contributed by atoms with Gasteiger partial charge in [-0.25, -0.2) is 0 Å². The van der Waals surface area contributed by atoms with Gasteiger partial charge in [-0.2, -0.15) is 0 Å². The van der Waals surface area contributed by atoms with E-state index in [1.807, 2.05) is 54.3 Å². The van der Waals surface area contributed by atoms with Crippen LogP contribution >= 0.6 is 24.0 Å². The fraction of sp³-hybridized carbons (Fsp3) is 0.294. The SMILES string of the molecule is CCN1C(=O)/C(=C/C=C2/SCCN2C)N(c2ccccc2)C1=S. The second-order valence-corrected chi connectivity index (χ2v) is 6.81. The summed E-state index contributed by atoms with van der Waals surface area (Å²) in [4.78, 5) is 18.4. The zero-order valence-corrected chi connectivity index (χ0v) is 14.9. The van der Waals surface area contributed by atoms with Crippen molar-refractivity contribution in [1.82, 2.24) is 9.80 Å². The van der Waals surface area contributed by atoms with Crippen molar-refractivity contribution in [3.63, 3.8) is 0 Å². The molecular weight excluding hydrogens is 326 g/mol. The van der Waals surface area contributed by atoms with Gasteiger partial charge in [0.2, 0.25) is 0 Å². The van der Waals surface area contributed by atoms with Crippen LogP contribution in [0.15, 0.2) is 53.2 Å². The van der Waals surface area contributed by atoms with Crippen LogP contribution in [0.2, 0.25) is 0 Å². The average Bonchev–Trinajstić information content (AvgIpc) is 3.07. The molecule has 2 aliphatic rings. The Balaban J connectivity index is 2.00. The maximum absolute atomic E-state index is 12.7. The highest BCUT2D eigenvalue weighted by Crippen LogP contribution is 2.30. The number of thioether (sulfide) groups is 1. The van der Waals surface area contributed by atoms with Crippen LogP contribution in [0.5, 0.6) is 0 Å². The third kappa shape index (κ3) is 3.01. The smallest absolute Gasteiger partial charge is 0.277 e. The maximum Gasteiger partial charge on any atom is 0.277 e. The number of anilines is 1. The third-order valence-electron chi connectivity index (χ3n) is 3.89. The van der Waals surface area contributed by atoms with E-state index in [-0.39, 0.29) is 5.91 Å². The predicted octanol–water partition coefficient (Wildman–Crippen LogP) is 3.04. The van der Waals surface area contributed by atoms with Gasteiger partial charge in [0, 0.05) is 31.6 Å². The summed E-state index contributed by atoms with van der Waals surface area (Å²) in [5.41, 5.74) is 1.52. The van der Waals surface area contributed by atoms with E-state index >= 15 is 0 Å². The highest BCUT2D eigenvalue weighted by atomic mass is 32.2. The Kier molecular flexibility index (Phi) is 4.73. The van der Waals surface area contributed by atoms with Gasteiger partial charge in [0.25, 0.3) is 5.91 Å². The molecule has 1 amide bonds. The average molecular weight is 345 g/mol. The summed E-state index contributed by atoms with van der Waals surface area (Å²) in [5.74, 6) is 1.05. The lowest BCUT2D eigenvalue weighted by Gasteiger charge is -2.19. The Labute approximate surface area is 146 Å². The summed E-state index contributed by atoms with van der Waals surface area (Å²) in [5, 5.41) is 1.72. The van der Waals surface area contributed by atoms with Crippen molar-refractivity contribution in [3.8, 4) is 0 Å². The van der Waals surface area contributed by atoms with Crippen LogP contribution in [-0.4, -0.2) is 46.7 Å². The standard InChI is InChI=1S/C17H19N3OS2/c1-3-19-16(21)14(9-10-15-18(2)11-12-23-15)20(17(19)22)13-7-5-4-6-8-13/h4-10H,3,11-12H2,1-2H3/b14-9-,15-10+. The van der Waals surface area contributed by atoms with E-state index in [1.165, 1.54) is 5.03 Å². The van der Waals surface area contributed by atoms with Gasteiger partial charge < -0.3 is 4.90 Å². The van der Waals surface area contributed by atoms with Crippen molar-refractivity contribution in [2.24, 2.45) is 0 Å². The van der Waals surface area contributed by atoms with Crippen molar-refractivity contribution in [1.29, 1.82) is 0 Å². The van der Waals surface area contributed by atoms with Gasteiger partial charge in [0.05, 0.1) is 5.03 Å². The first-order valence-corrected chi connectivity index (χ1v) is 8.99. The Morgan fingerprint density at radius 2 is 2.00 bits per heavy atom. The molecule has 2 fully saturated rings. The largest absolute Gasteiger partial charge is 0.369 e. The Hall–Kier alpha value is -1.79. The molecule has 0 radical (unpaired) electrons.